The highest BCUT2D eigenvalue weighted by atomic mass is 35.5. The molecule has 2 amide bonds. The first-order chi connectivity index (χ1) is 13.6. The number of amides is 2. The molecule has 0 aliphatic carbocycles. The van der Waals surface area contributed by atoms with Gasteiger partial charge >= 0.3 is 0 Å². The summed E-state index contributed by atoms with van der Waals surface area (Å²) >= 11 is 0. The predicted molar refractivity (Wildman–Crippen MR) is 117 cm³/mol. The number of methoxy groups -OCH3 is 3. The van der Waals surface area contributed by atoms with E-state index in [-0.39, 0.29) is 36.6 Å². The molecule has 0 atom stereocenters. The second kappa shape index (κ2) is 11.5. The summed E-state index contributed by atoms with van der Waals surface area (Å²) in [4.78, 5) is 32.9. The van der Waals surface area contributed by atoms with Crippen molar-refractivity contribution in [2.75, 3.05) is 47.5 Å². The second-order valence-corrected chi connectivity index (χ2v) is 6.24. The summed E-state index contributed by atoms with van der Waals surface area (Å²) in [5, 5.41) is 0. The van der Waals surface area contributed by atoms with E-state index in [0.29, 0.717) is 54.6 Å². The minimum Gasteiger partial charge on any atom is -0.493 e. The first kappa shape index (κ1) is 25.3. The van der Waals surface area contributed by atoms with Gasteiger partial charge in [-0.15, -0.1) is 24.8 Å². The van der Waals surface area contributed by atoms with Crippen LogP contribution in [0.1, 0.15) is 20.7 Å². The fourth-order valence-corrected chi connectivity index (χ4v) is 3.17. The second-order valence-electron chi connectivity index (χ2n) is 6.24. The van der Waals surface area contributed by atoms with E-state index in [1.807, 2.05) is 0 Å². The standard InChI is InChI=1S/C20H23N3O5.2ClH/c1-26-16-11-15(12-17(27-2)18(16)28-3)20(25)23-9-7-22(8-10-23)19(24)14-5-4-6-21-13-14;;/h4-6,11-13H,7-10H2,1-3H3;2*1H. The summed E-state index contributed by atoms with van der Waals surface area (Å²) in [6.07, 6.45) is 3.18. The monoisotopic (exact) mass is 457 g/mol. The van der Waals surface area contributed by atoms with E-state index in [0.717, 1.165) is 0 Å². The average Bonchev–Trinajstić information content (AvgIpc) is 2.77. The number of ether oxygens (including phenoxy) is 3. The number of pyridine rings is 1. The number of carbonyl (C=O) groups is 2. The molecule has 0 bridgehead atoms. The van der Waals surface area contributed by atoms with Gasteiger partial charge in [0, 0.05) is 44.1 Å². The third-order valence-corrected chi connectivity index (χ3v) is 4.67. The van der Waals surface area contributed by atoms with Gasteiger partial charge in [0.1, 0.15) is 0 Å². The van der Waals surface area contributed by atoms with E-state index in [2.05, 4.69) is 4.98 Å². The van der Waals surface area contributed by atoms with Crippen molar-refractivity contribution in [3.05, 3.63) is 47.8 Å². The van der Waals surface area contributed by atoms with E-state index in [1.165, 1.54) is 21.3 Å². The van der Waals surface area contributed by atoms with Crippen LogP contribution in [-0.4, -0.2) is 74.1 Å². The van der Waals surface area contributed by atoms with Gasteiger partial charge in [-0.05, 0) is 24.3 Å². The van der Waals surface area contributed by atoms with Gasteiger partial charge in [0.2, 0.25) is 5.75 Å². The third-order valence-electron chi connectivity index (χ3n) is 4.67. The van der Waals surface area contributed by atoms with Crippen LogP contribution in [0.5, 0.6) is 17.2 Å². The van der Waals surface area contributed by atoms with Crippen LogP contribution < -0.4 is 14.2 Å². The highest BCUT2D eigenvalue weighted by Crippen LogP contribution is 2.38. The zero-order valence-electron chi connectivity index (χ0n) is 17.0. The molecule has 2 heterocycles. The lowest BCUT2D eigenvalue weighted by Crippen LogP contribution is -2.50. The normalized spacial score (nSPS) is 12.9. The van der Waals surface area contributed by atoms with Crippen molar-refractivity contribution in [2.24, 2.45) is 0 Å². The maximum absolute atomic E-state index is 12.9. The van der Waals surface area contributed by atoms with Gasteiger partial charge in [-0.3, -0.25) is 14.6 Å². The summed E-state index contributed by atoms with van der Waals surface area (Å²) in [7, 11) is 4.53. The molecule has 1 aliphatic rings. The molecule has 1 aliphatic heterocycles. The maximum Gasteiger partial charge on any atom is 0.255 e. The molecule has 0 unspecified atom stereocenters. The lowest BCUT2D eigenvalue weighted by Gasteiger charge is -2.35. The van der Waals surface area contributed by atoms with Crippen LogP contribution in [0.3, 0.4) is 0 Å². The lowest BCUT2D eigenvalue weighted by atomic mass is 10.1. The van der Waals surface area contributed by atoms with Crippen LogP contribution in [0.4, 0.5) is 0 Å². The average molecular weight is 458 g/mol. The number of piperazine rings is 1. The minimum absolute atomic E-state index is 0. The molecular formula is C20H25Cl2N3O5. The number of carbonyl (C=O) groups excluding carboxylic acids is 2. The van der Waals surface area contributed by atoms with Gasteiger partial charge in [-0.25, -0.2) is 0 Å². The Morgan fingerprint density at radius 1 is 0.833 bits per heavy atom. The van der Waals surface area contributed by atoms with Gasteiger partial charge in [-0.1, -0.05) is 0 Å². The highest BCUT2D eigenvalue weighted by molar-refractivity contribution is 5.96. The highest BCUT2D eigenvalue weighted by Gasteiger charge is 2.27. The zero-order valence-corrected chi connectivity index (χ0v) is 18.6. The third kappa shape index (κ3) is 5.25. The number of benzene rings is 1. The number of nitrogens with zero attached hydrogens (tertiary/aromatic N) is 3. The Morgan fingerprint density at radius 3 is 1.73 bits per heavy atom. The van der Waals surface area contributed by atoms with Gasteiger partial charge < -0.3 is 24.0 Å². The van der Waals surface area contributed by atoms with E-state index in [1.54, 1.807) is 46.5 Å². The van der Waals surface area contributed by atoms with Crippen molar-refractivity contribution in [1.29, 1.82) is 0 Å². The molecule has 1 fully saturated rings. The largest absolute Gasteiger partial charge is 0.493 e. The number of halogens is 2. The Balaban J connectivity index is 0.00000225. The number of rotatable bonds is 5. The fourth-order valence-electron chi connectivity index (χ4n) is 3.17. The predicted octanol–water partition coefficient (Wildman–Crippen LogP) is 2.55. The molecule has 10 heteroatoms. The molecule has 1 aromatic heterocycles. The summed E-state index contributed by atoms with van der Waals surface area (Å²) in [6, 6.07) is 6.74. The van der Waals surface area contributed by atoms with E-state index in [9.17, 15) is 9.59 Å². The van der Waals surface area contributed by atoms with E-state index in [4.69, 9.17) is 14.2 Å². The Kier molecular flexibility index (Phi) is 9.68. The molecule has 1 aromatic carbocycles. The molecule has 8 nitrogen and oxygen atoms in total. The SMILES string of the molecule is COc1cc(C(=O)N2CCN(C(=O)c3cccnc3)CC2)cc(OC)c1OC.Cl.Cl. The van der Waals surface area contributed by atoms with Crippen LogP contribution in [0.2, 0.25) is 0 Å². The first-order valence-electron chi connectivity index (χ1n) is 8.87. The molecule has 0 spiro atoms. The topological polar surface area (TPSA) is 81.2 Å². The molecule has 3 rings (SSSR count). The quantitative estimate of drug-likeness (QED) is 0.685. The molecule has 2 aromatic rings. The van der Waals surface area contributed by atoms with Gasteiger partial charge in [0.25, 0.3) is 11.8 Å². The van der Waals surface area contributed by atoms with Crippen LogP contribution in [0.15, 0.2) is 36.7 Å². The lowest BCUT2D eigenvalue weighted by molar-refractivity contribution is 0.0535. The summed E-state index contributed by atoms with van der Waals surface area (Å²) in [6.45, 7) is 1.82. The summed E-state index contributed by atoms with van der Waals surface area (Å²) < 4.78 is 15.9. The number of hydrogen-bond acceptors (Lipinski definition) is 6. The van der Waals surface area contributed by atoms with Crippen LogP contribution in [-0.2, 0) is 0 Å². The fraction of sp³-hybridized carbons (Fsp3) is 0.350. The molecule has 0 N–H and O–H groups in total. The number of hydrogen-bond donors (Lipinski definition) is 0. The first-order valence-corrected chi connectivity index (χ1v) is 8.87. The Labute approximate surface area is 187 Å². The Hall–Kier alpha value is -2.71. The molecule has 164 valence electrons. The van der Waals surface area contributed by atoms with Gasteiger partial charge in [0.15, 0.2) is 11.5 Å². The van der Waals surface area contributed by atoms with E-state index < -0.39 is 0 Å². The smallest absolute Gasteiger partial charge is 0.255 e. The van der Waals surface area contributed by atoms with E-state index >= 15 is 0 Å². The van der Waals surface area contributed by atoms with Crippen molar-refractivity contribution in [3.8, 4) is 17.2 Å². The zero-order chi connectivity index (χ0) is 20.1. The van der Waals surface area contributed by atoms with Crippen LogP contribution in [0.25, 0.3) is 0 Å². The molecule has 30 heavy (non-hydrogen) atoms. The van der Waals surface area contributed by atoms with Crippen molar-refractivity contribution in [2.45, 2.75) is 0 Å². The van der Waals surface area contributed by atoms with Crippen LogP contribution >= 0.6 is 24.8 Å². The molecule has 0 radical (unpaired) electrons. The molecule has 0 saturated carbocycles. The Morgan fingerprint density at radius 2 is 1.33 bits per heavy atom. The maximum atomic E-state index is 12.9. The van der Waals surface area contributed by atoms with Gasteiger partial charge in [-0.2, -0.15) is 0 Å². The van der Waals surface area contributed by atoms with Crippen molar-refractivity contribution in [3.63, 3.8) is 0 Å². The van der Waals surface area contributed by atoms with Crippen LogP contribution in [0, 0.1) is 0 Å². The molecule has 1 saturated heterocycles. The van der Waals surface area contributed by atoms with Gasteiger partial charge in [0.05, 0.1) is 26.9 Å². The van der Waals surface area contributed by atoms with Crippen molar-refractivity contribution in [1.82, 2.24) is 14.8 Å². The number of aromatic nitrogens is 1. The van der Waals surface area contributed by atoms with Crippen molar-refractivity contribution < 1.29 is 23.8 Å². The van der Waals surface area contributed by atoms with Crippen molar-refractivity contribution >= 4 is 36.6 Å². The summed E-state index contributed by atoms with van der Waals surface area (Å²) in [5.74, 6) is 1.07. The summed E-state index contributed by atoms with van der Waals surface area (Å²) in [5.41, 5.74) is 0.994. The molecular weight excluding hydrogens is 433 g/mol. The minimum atomic E-state index is -0.146. The Bertz CT molecular complexity index is 834.